The molecule has 0 aliphatic carbocycles. The third-order valence-electron chi connectivity index (χ3n) is 3.25. The van der Waals surface area contributed by atoms with Crippen molar-refractivity contribution in [1.29, 1.82) is 0 Å². The number of rotatable bonds is 12. The Hall–Kier alpha value is -3.22. The van der Waals surface area contributed by atoms with Crippen LogP contribution in [0.3, 0.4) is 0 Å². The molecule has 152 valence electrons. The molecule has 0 aromatic rings. The number of carboxylic acids is 1. The van der Waals surface area contributed by atoms with Gasteiger partial charge in [0.15, 0.2) is 0 Å². The zero-order valence-electron chi connectivity index (χ0n) is 14.7. The summed E-state index contributed by atoms with van der Waals surface area (Å²) < 4.78 is 0. The fraction of sp³-hybridized carbons (Fsp3) is 0.571. The van der Waals surface area contributed by atoms with Crippen molar-refractivity contribution in [3.63, 3.8) is 0 Å². The molecular formula is C14H24N6O7. The first-order valence-corrected chi connectivity index (χ1v) is 7.86. The Morgan fingerprint density at radius 3 is 2.04 bits per heavy atom. The molecule has 0 saturated carbocycles. The van der Waals surface area contributed by atoms with Gasteiger partial charge in [0.05, 0.1) is 19.0 Å². The maximum absolute atomic E-state index is 12.0. The van der Waals surface area contributed by atoms with Crippen LogP contribution in [0.25, 0.3) is 0 Å². The summed E-state index contributed by atoms with van der Waals surface area (Å²) in [6.07, 6.45) is -0.693. The van der Waals surface area contributed by atoms with Crippen LogP contribution in [-0.2, 0) is 28.8 Å². The number of nitrogens with two attached hydrogens (primary N) is 3. The Morgan fingerprint density at radius 2 is 1.56 bits per heavy atom. The molecule has 0 aromatic carbocycles. The van der Waals surface area contributed by atoms with Gasteiger partial charge >= 0.3 is 5.97 Å². The van der Waals surface area contributed by atoms with Crippen molar-refractivity contribution in [3.05, 3.63) is 0 Å². The zero-order valence-corrected chi connectivity index (χ0v) is 14.7. The summed E-state index contributed by atoms with van der Waals surface area (Å²) in [5.74, 6) is -5.34. The van der Waals surface area contributed by atoms with Crippen LogP contribution in [-0.4, -0.2) is 65.3 Å². The molecule has 0 fully saturated rings. The molecule has 13 heteroatoms. The highest BCUT2D eigenvalue weighted by Gasteiger charge is 2.26. The third kappa shape index (κ3) is 10.4. The molecular weight excluding hydrogens is 364 g/mol. The molecule has 27 heavy (non-hydrogen) atoms. The molecule has 5 amide bonds. The summed E-state index contributed by atoms with van der Waals surface area (Å²) in [5.41, 5.74) is 15.5. The molecule has 0 aliphatic rings. The average Bonchev–Trinajstić information content (AvgIpc) is 2.56. The minimum Gasteiger partial charge on any atom is -0.480 e. The predicted molar refractivity (Wildman–Crippen MR) is 90.4 cm³/mol. The van der Waals surface area contributed by atoms with Crippen molar-refractivity contribution < 1.29 is 33.9 Å². The zero-order chi connectivity index (χ0) is 21.1. The minimum atomic E-state index is -1.42. The quantitative estimate of drug-likeness (QED) is 0.172. The largest absolute Gasteiger partial charge is 0.480 e. The van der Waals surface area contributed by atoms with Crippen LogP contribution in [0.2, 0.25) is 0 Å². The summed E-state index contributed by atoms with van der Waals surface area (Å²) in [4.78, 5) is 68.0. The Balaban J connectivity index is 4.65. The van der Waals surface area contributed by atoms with Gasteiger partial charge in [0.2, 0.25) is 29.5 Å². The van der Waals surface area contributed by atoms with Gasteiger partial charge < -0.3 is 38.3 Å². The van der Waals surface area contributed by atoms with Crippen molar-refractivity contribution in [2.75, 3.05) is 6.54 Å². The van der Waals surface area contributed by atoms with Crippen LogP contribution in [0, 0.1) is 0 Å². The van der Waals surface area contributed by atoms with Crippen molar-refractivity contribution >= 4 is 35.5 Å². The van der Waals surface area contributed by atoms with Gasteiger partial charge in [0.1, 0.15) is 12.1 Å². The minimum absolute atomic E-state index is 0.0113. The first-order valence-electron chi connectivity index (χ1n) is 7.86. The maximum Gasteiger partial charge on any atom is 0.325 e. The van der Waals surface area contributed by atoms with E-state index in [1.807, 2.05) is 0 Å². The summed E-state index contributed by atoms with van der Waals surface area (Å²) >= 11 is 0. The van der Waals surface area contributed by atoms with Crippen LogP contribution in [0.5, 0.6) is 0 Å². The summed E-state index contributed by atoms with van der Waals surface area (Å²) in [7, 11) is 0. The fourth-order valence-electron chi connectivity index (χ4n) is 1.76. The van der Waals surface area contributed by atoms with Crippen LogP contribution in [0.1, 0.15) is 26.2 Å². The lowest BCUT2D eigenvalue weighted by atomic mass is 10.1. The number of carboxylic acid groups (broad SMARTS) is 1. The van der Waals surface area contributed by atoms with Crippen LogP contribution in [0.15, 0.2) is 0 Å². The number of aliphatic carboxylic acids is 1. The maximum atomic E-state index is 12.0. The van der Waals surface area contributed by atoms with E-state index in [0.717, 1.165) is 0 Å². The Labute approximate surface area is 154 Å². The van der Waals surface area contributed by atoms with E-state index < -0.39 is 66.6 Å². The van der Waals surface area contributed by atoms with E-state index in [0.29, 0.717) is 0 Å². The standard InChI is InChI=1S/C14H24N6O7/c1-6(14(26)27)19-13(25)8(4-10(17)22)20-11(23)5-18-12(24)7(15)2-3-9(16)21/h6-8H,2-5,15H2,1H3,(H2,16,21)(H2,17,22)(H,18,24)(H,19,25)(H,20,23)(H,26,27). The lowest BCUT2D eigenvalue weighted by Gasteiger charge is -2.19. The Bertz CT molecular complexity index is 609. The number of primary amides is 2. The van der Waals surface area contributed by atoms with Crippen molar-refractivity contribution in [1.82, 2.24) is 16.0 Å². The Morgan fingerprint density at radius 1 is 0.963 bits per heavy atom. The second-order valence-electron chi connectivity index (χ2n) is 5.69. The SMILES string of the molecule is CC(NC(=O)C(CC(N)=O)NC(=O)CNC(=O)C(N)CCC(N)=O)C(=O)O. The molecule has 3 unspecified atom stereocenters. The van der Waals surface area contributed by atoms with E-state index >= 15 is 0 Å². The van der Waals surface area contributed by atoms with E-state index in [4.69, 9.17) is 22.3 Å². The molecule has 0 heterocycles. The van der Waals surface area contributed by atoms with Crippen molar-refractivity contribution in [2.45, 2.75) is 44.3 Å². The monoisotopic (exact) mass is 388 g/mol. The first-order chi connectivity index (χ1) is 12.4. The fourth-order valence-corrected chi connectivity index (χ4v) is 1.76. The van der Waals surface area contributed by atoms with Gasteiger partial charge in [0, 0.05) is 6.42 Å². The molecule has 0 rings (SSSR count). The van der Waals surface area contributed by atoms with Crippen LogP contribution < -0.4 is 33.2 Å². The highest BCUT2D eigenvalue weighted by molar-refractivity contribution is 5.94. The van der Waals surface area contributed by atoms with Crippen molar-refractivity contribution in [3.8, 4) is 0 Å². The van der Waals surface area contributed by atoms with E-state index in [2.05, 4.69) is 16.0 Å². The lowest BCUT2D eigenvalue weighted by molar-refractivity contribution is -0.141. The third-order valence-corrected chi connectivity index (χ3v) is 3.25. The molecule has 3 atom stereocenters. The van der Waals surface area contributed by atoms with Gasteiger partial charge in [0.25, 0.3) is 0 Å². The topological polar surface area (TPSA) is 237 Å². The smallest absolute Gasteiger partial charge is 0.325 e. The molecule has 0 saturated heterocycles. The molecule has 0 spiro atoms. The molecule has 0 aliphatic heterocycles. The van der Waals surface area contributed by atoms with Gasteiger partial charge in [-0.05, 0) is 13.3 Å². The Kier molecular flexibility index (Phi) is 10.0. The number of hydrogen-bond donors (Lipinski definition) is 7. The van der Waals surface area contributed by atoms with Gasteiger partial charge in [-0.3, -0.25) is 28.8 Å². The van der Waals surface area contributed by atoms with Gasteiger partial charge in [-0.2, -0.15) is 0 Å². The van der Waals surface area contributed by atoms with Gasteiger partial charge in [-0.25, -0.2) is 0 Å². The van der Waals surface area contributed by atoms with E-state index in [1.54, 1.807) is 0 Å². The molecule has 0 aromatic heterocycles. The lowest BCUT2D eigenvalue weighted by Crippen LogP contribution is -2.54. The first kappa shape index (κ1) is 23.8. The second kappa shape index (κ2) is 11.4. The van der Waals surface area contributed by atoms with Crippen LogP contribution in [0.4, 0.5) is 0 Å². The summed E-state index contributed by atoms with van der Waals surface area (Å²) in [5, 5.41) is 15.2. The van der Waals surface area contributed by atoms with E-state index in [9.17, 15) is 28.8 Å². The van der Waals surface area contributed by atoms with Gasteiger partial charge in [-0.1, -0.05) is 0 Å². The number of hydrogen-bond acceptors (Lipinski definition) is 7. The molecule has 0 bridgehead atoms. The van der Waals surface area contributed by atoms with Gasteiger partial charge in [-0.15, -0.1) is 0 Å². The molecule has 13 nitrogen and oxygen atoms in total. The number of carbonyl (C=O) groups is 6. The number of nitrogens with one attached hydrogen (secondary N) is 3. The normalized spacial score (nSPS) is 13.6. The predicted octanol–water partition coefficient (Wildman–Crippen LogP) is -4.36. The molecule has 10 N–H and O–H groups in total. The van der Waals surface area contributed by atoms with Crippen molar-refractivity contribution in [2.24, 2.45) is 17.2 Å². The summed E-state index contributed by atoms with van der Waals surface area (Å²) in [6, 6.07) is -3.74. The number of carbonyl (C=O) groups excluding carboxylic acids is 5. The van der Waals surface area contributed by atoms with E-state index in [-0.39, 0.29) is 12.8 Å². The number of amides is 5. The average molecular weight is 388 g/mol. The highest BCUT2D eigenvalue weighted by Crippen LogP contribution is 1.96. The summed E-state index contributed by atoms with van der Waals surface area (Å²) in [6.45, 7) is 0.622. The molecule has 0 radical (unpaired) electrons. The second-order valence-corrected chi connectivity index (χ2v) is 5.69. The highest BCUT2D eigenvalue weighted by atomic mass is 16.4. The van der Waals surface area contributed by atoms with Crippen LogP contribution >= 0.6 is 0 Å². The van der Waals surface area contributed by atoms with E-state index in [1.165, 1.54) is 6.92 Å².